The molecule has 0 amide bonds. The van der Waals surface area contributed by atoms with E-state index in [1.54, 1.807) is 13.0 Å². The van der Waals surface area contributed by atoms with Gasteiger partial charge in [-0.1, -0.05) is 0 Å². The molecule has 0 radical (unpaired) electrons. The topological polar surface area (TPSA) is 68.5 Å². The summed E-state index contributed by atoms with van der Waals surface area (Å²) in [6.45, 7) is 3.77. The zero-order valence-electron chi connectivity index (χ0n) is 17.6. The Morgan fingerprint density at radius 3 is 2.44 bits per heavy atom. The molecule has 170 valence electrons. The minimum absolute atomic E-state index is 0.0750. The number of aryl methyl sites for hydroxylation is 1. The first-order chi connectivity index (χ1) is 15.2. The van der Waals surface area contributed by atoms with Crippen LogP contribution < -0.4 is 9.47 Å². The van der Waals surface area contributed by atoms with Crippen LogP contribution in [0, 0.1) is 18.3 Å². The van der Waals surface area contributed by atoms with Crippen LogP contribution in [0.5, 0.6) is 11.5 Å². The SMILES string of the molecule is CCOC(=O)COc1ccc(SCC(=CC#N)COc2ccc(C(F)(F)F)cc2)cc1C. The highest BCUT2D eigenvalue weighted by Crippen LogP contribution is 2.31. The number of nitriles is 1. The second kappa shape index (κ2) is 12.1. The Labute approximate surface area is 188 Å². The van der Waals surface area contributed by atoms with Crippen LogP contribution in [-0.2, 0) is 15.7 Å². The number of ether oxygens (including phenoxy) is 3. The van der Waals surface area contributed by atoms with Crippen molar-refractivity contribution in [2.45, 2.75) is 24.9 Å². The van der Waals surface area contributed by atoms with Gasteiger partial charge >= 0.3 is 12.1 Å². The monoisotopic (exact) mass is 465 g/mol. The van der Waals surface area contributed by atoms with E-state index in [9.17, 15) is 18.0 Å². The number of hydrogen-bond acceptors (Lipinski definition) is 6. The van der Waals surface area contributed by atoms with Crippen LogP contribution >= 0.6 is 11.8 Å². The highest BCUT2D eigenvalue weighted by Gasteiger charge is 2.30. The Morgan fingerprint density at radius 1 is 1.12 bits per heavy atom. The molecule has 0 aromatic heterocycles. The highest BCUT2D eigenvalue weighted by atomic mass is 32.2. The summed E-state index contributed by atoms with van der Waals surface area (Å²) in [6.07, 6.45) is -3.04. The first-order valence-electron chi connectivity index (χ1n) is 9.62. The summed E-state index contributed by atoms with van der Waals surface area (Å²) in [6, 6.07) is 11.8. The summed E-state index contributed by atoms with van der Waals surface area (Å²) in [5.74, 6) is 0.868. The molecule has 32 heavy (non-hydrogen) atoms. The van der Waals surface area contributed by atoms with Crippen molar-refractivity contribution in [1.29, 1.82) is 5.26 Å². The van der Waals surface area contributed by atoms with Gasteiger partial charge < -0.3 is 14.2 Å². The van der Waals surface area contributed by atoms with Gasteiger partial charge in [-0.2, -0.15) is 18.4 Å². The zero-order valence-corrected chi connectivity index (χ0v) is 18.4. The lowest BCUT2D eigenvalue weighted by Gasteiger charge is -2.12. The summed E-state index contributed by atoms with van der Waals surface area (Å²) in [5, 5.41) is 9.01. The third-order valence-corrected chi connectivity index (χ3v) is 5.20. The lowest BCUT2D eigenvalue weighted by molar-refractivity contribution is -0.145. The third kappa shape index (κ3) is 8.19. The molecule has 0 heterocycles. The smallest absolute Gasteiger partial charge is 0.416 e. The molecule has 0 N–H and O–H groups in total. The Hall–Kier alpha value is -3.12. The Bertz CT molecular complexity index is 982. The van der Waals surface area contributed by atoms with Crippen molar-refractivity contribution in [3.63, 3.8) is 0 Å². The van der Waals surface area contributed by atoms with Gasteiger partial charge in [0.1, 0.15) is 18.1 Å². The molecule has 0 saturated heterocycles. The van der Waals surface area contributed by atoms with Gasteiger partial charge in [0.15, 0.2) is 6.61 Å². The maximum atomic E-state index is 12.6. The summed E-state index contributed by atoms with van der Waals surface area (Å²) >= 11 is 1.47. The van der Waals surface area contributed by atoms with Crippen LogP contribution in [0.1, 0.15) is 18.1 Å². The molecule has 2 aromatic carbocycles. The Kier molecular flexibility index (Phi) is 9.47. The van der Waals surface area contributed by atoms with Crippen molar-refractivity contribution in [2.24, 2.45) is 0 Å². The molecule has 0 spiro atoms. The van der Waals surface area contributed by atoms with Crippen LogP contribution in [0.25, 0.3) is 0 Å². The fraction of sp³-hybridized carbons (Fsp3) is 0.304. The van der Waals surface area contributed by atoms with Crippen molar-refractivity contribution in [1.82, 2.24) is 0 Å². The number of nitrogens with zero attached hydrogens (tertiary/aromatic N) is 1. The fourth-order valence-corrected chi connectivity index (χ4v) is 3.46. The van der Waals surface area contributed by atoms with Crippen molar-refractivity contribution in [3.05, 3.63) is 65.2 Å². The molecule has 0 aliphatic carbocycles. The number of halogens is 3. The normalized spacial score (nSPS) is 11.6. The summed E-state index contributed by atoms with van der Waals surface area (Å²) in [5.41, 5.74) is 0.766. The van der Waals surface area contributed by atoms with Crippen molar-refractivity contribution in [2.75, 3.05) is 25.6 Å². The van der Waals surface area contributed by atoms with E-state index < -0.39 is 17.7 Å². The van der Waals surface area contributed by atoms with Crippen LogP contribution in [0.3, 0.4) is 0 Å². The van der Waals surface area contributed by atoms with E-state index in [1.165, 1.54) is 30.0 Å². The van der Waals surface area contributed by atoms with Gasteiger partial charge in [0.25, 0.3) is 0 Å². The molecule has 0 saturated carbocycles. The predicted molar refractivity (Wildman–Crippen MR) is 115 cm³/mol. The van der Waals surface area contributed by atoms with E-state index in [1.807, 2.05) is 25.1 Å². The number of esters is 1. The first kappa shape index (κ1) is 25.1. The summed E-state index contributed by atoms with van der Waals surface area (Å²) in [7, 11) is 0. The zero-order chi connectivity index (χ0) is 23.6. The molecular weight excluding hydrogens is 443 g/mol. The molecule has 5 nitrogen and oxygen atoms in total. The number of carbonyl (C=O) groups is 1. The van der Waals surface area contributed by atoms with Crippen LogP contribution in [0.15, 0.2) is 59.0 Å². The maximum absolute atomic E-state index is 12.6. The lowest BCUT2D eigenvalue weighted by atomic mass is 10.2. The molecule has 0 fully saturated rings. The van der Waals surface area contributed by atoms with Crippen molar-refractivity contribution < 1.29 is 32.2 Å². The quantitative estimate of drug-likeness (QED) is 0.259. The molecular formula is C23H22F3NO4S. The van der Waals surface area contributed by atoms with E-state index in [2.05, 4.69) is 0 Å². The van der Waals surface area contributed by atoms with E-state index in [0.29, 0.717) is 17.1 Å². The number of allylic oxidation sites excluding steroid dienone is 1. The Morgan fingerprint density at radius 2 is 1.84 bits per heavy atom. The largest absolute Gasteiger partial charge is 0.489 e. The van der Waals surface area contributed by atoms with Gasteiger partial charge in [-0.15, -0.1) is 11.8 Å². The van der Waals surface area contributed by atoms with E-state index in [4.69, 9.17) is 19.5 Å². The molecule has 0 atom stereocenters. The standard InChI is InChI=1S/C23H22F3NO4S/c1-3-29-22(28)14-31-21-9-8-20(12-16(21)2)32-15-17(10-11-27)13-30-19-6-4-18(5-7-19)23(24,25)26/h4-10,12H,3,13-15H2,1-2H3. The average molecular weight is 465 g/mol. The lowest BCUT2D eigenvalue weighted by Crippen LogP contribution is -2.14. The second-order valence-electron chi connectivity index (χ2n) is 6.55. The molecule has 0 aliphatic heterocycles. The molecule has 2 aromatic rings. The number of thioether (sulfide) groups is 1. The number of alkyl halides is 3. The van der Waals surface area contributed by atoms with Gasteiger partial charge in [-0.25, -0.2) is 4.79 Å². The molecule has 0 aliphatic rings. The maximum Gasteiger partial charge on any atom is 0.416 e. The van der Waals surface area contributed by atoms with Gasteiger partial charge in [-0.05, 0) is 67.4 Å². The Balaban J connectivity index is 1.91. The minimum Gasteiger partial charge on any atom is -0.489 e. The van der Waals surface area contributed by atoms with Gasteiger partial charge in [-0.3, -0.25) is 0 Å². The number of hydrogen-bond donors (Lipinski definition) is 0. The average Bonchev–Trinajstić information content (AvgIpc) is 2.75. The van der Waals surface area contributed by atoms with E-state index in [-0.39, 0.29) is 25.6 Å². The molecule has 2 rings (SSSR count). The van der Waals surface area contributed by atoms with Gasteiger partial charge in [0.05, 0.1) is 18.2 Å². The summed E-state index contributed by atoms with van der Waals surface area (Å²) < 4.78 is 53.7. The van der Waals surface area contributed by atoms with Crippen LogP contribution in [0.4, 0.5) is 13.2 Å². The third-order valence-electron chi connectivity index (χ3n) is 4.10. The van der Waals surface area contributed by atoms with E-state index >= 15 is 0 Å². The van der Waals surface area contributed by atoms with Gasteiger partial charge in [0, 0.05) is 16.7 Å². The molecule has 0 unspecified atom stereocenters. The second-order valence-corrected chi connectivity index (χ2v) is 7.60. The molecule has 9 heteroatoms. The van der Waals surface area contributed by atoms with Crippen LogP contribution in [-0.4, -0.2) is 31.5 Å². The minimum atomic E-state index is -4.40. The highest BCUT2D eigenvalue weighted by molar-refractivity contribution is 7.99. The van der Waals surface area contributed by atoms with E-state index in [0.717, 1.165) is 22.6 Å². The fourth-order valence-electron chi connectivity index (χ4n) is 2.52. The molecule has 0 bridgehead atoms. The predicted octanol–water partition coefficient (Wildman–Crippen LogP) is 5.58. The number of carbonyl (C=O) groups excluding carboxylic acids is 1. The number of benzene rings is 2. The summed E-state index contributed by atoms with van der Waals surface area (Å²) in [4.78, 5) is 12.3. The van der Waals surface area contributed by atoms with Crippen LogP contribution in [0.2, 0.25) is 0 Å². The first-order valence-corrected chi connectivity index (χ1v) is 10.6. The van der Waals surface area contributed by atoms with Gasteiger partial charge in [0.2, 0.25) is 0 Å². The van der Waals surface area contributed by atoms with Crippen molar-refractivity contribution >= 4 is 17.7 Å². The van der Waals surface area contributed by atoms with Crippen molar-refractivity contribution in [3.8, 4) is 17.6 Å². The number of rotatable bonds is 10.